The molecular weight excluding hydrogens is 356 g/mol. The summed E-state index contributed by atoms with van der Waals surface area (Å²) in [5.41, 5.74) is 1.94. The average Bonchev–Trinajstić information content (AvgIpc) is 3.03. The summed E-state index contributed by atoms with van der Waals surface area (Å²) in [7, 11) is 0. The minimum Gasteiger partial charge on any atom is -0.481 e. The predicted molar refractivity (Wildman–Crippen MR) is 101 cm³/mol. The Balaban J connectivity index is 1.75. The van der Waals surface area contributed by atoms with E-state index >= 15 is 0 Å². The Bertz CT molecular complexity index is 762. The summed E-state index contributed by atoms with van der Waals surface area (Å²) in [4.78, 5) is 19.6. The van der Waals surface area contributed by atoms with Crippen molar-refractivity contribution in [3.8, 4) is 5.75 Å². The van der Waals surface area contributed by atoms with Gasteiger partial charge in [-0.25, -0.2) is 4.98 Å². The van der Waals surface area contributed by atoms with Crippen LogP contribution < -0.4 is 4.74 Å². The Kier molecular flexibility index (Phi) is 5.64. The van der Waals surface area contributed by atoms with Gasteiger partial charge in [-0.1, -0.05) is 11.6 Å². The smallest absolute Gasteiger partial charge is 0.263 e. The number of carbonyl (C=O) groups excluding carboxylic acids is 1. The fourth-order valence-corrected chi connectivity index (χ4v) is 4.37. The molecule has 1 fully saturated rings. The third-order valence-electron chi connectivity index (χ3n) is 4.50. The van der Waals surface area contributed by atoms with Gasteiger partial charge in [0.1, 0.15) is 10.8 Å². The molecular formula is C19H23ClN2O2S. The summed E-state index contributed by atoms with van der Waals surface area (Å²) in [5, 5.41) is 3.74. The number of aryl methyl sites for hydroxylation is 2. The molecule has 0 spiro atoms. The topological polar surface area (TPSA) is 42.4 Å². The number of thiazole rings is 1. The number of ether oxygens (including phenoxy) is 1. The van der Waals surface area contributed by atoms with Crippen molar-refractivity contribution in [3.63, 3.8) is 0 Å². The maximum atomic E-state index is 13.0. The number of likely N-dealkylation sites (tertiary alicyclic amines) is 1. The van der Waals surface area contributed by atoms with E-state index in [1.165, 1.54) is 0 Å². The lowest BCUT2D eigenvalue weighted by molar-refractivity contribution is -0.142. The van der Waals surface area contributed by atoms with Crippen molar-refractivity contribution in [1.29, 1.82) is 0 Å². The van der Waals surface area contributed by atoms with E-state index in [1.807, 2.05) is 43.2 Å². The van der Waals surface area contributed by atoms with Gasteiger partial charge in [0, 0.05) is 22.6 Å². The van der Waals surface area contributed by atoms with Crippen LogP contribution in [0.4, 0.5) is 0 Å². The molecule has 2 aromatic rings. The van der Waals surface area contributed by atoms with E-state index in [-0.39, 0.29) is 11.9 Å². The Labute approximate surface area is 157 Å². The number of rotatable bonds is 4. The zero-order chi connectivity index (χ0) is 18.0. The van der Waals surface area contributed by atoms with Gasteiger partial charge in [-0.15, -0.1) is 11.3 Å². The molecule has 1 saturated heterocycles. The molecule has 1 aromatic heterocycles. The second kappa shape index (κ2) is 7.75. The number of carbonyl (C=O) groups is 1. The van der Waals surface area contributed by atoms with E-state index in [0.29, 0.717) is 10.8 Å². The van der Waals surface area contributed by atoms with Crippen LogP contribution in [-0.4, -0.2) is 28.4 Å². The molecule has 1 aromatic carbocycles. The molecule has 1 aliphatic rings. The number of hydrogen-bond acceptors (Lipinski definition) is 4. The molecule has 0 radical (unpaired) electrons. The highest BCUT2D eigenvalue weighted by Gasteiger charge is 2.33. The molecule has 0 N–H and O–H groups in total. The highest BCUT2D eigenvalue weighted by Crippen LogP contribution is 2.33. The van der Waals surface area contributed by atoms with Gasteiger partial charge >= 0.3 is 0 Å². The molecule has 1 amide bonds. The maximum absolute atomic E-state index is 13.0. The lowest BCUT2D eigenvalue weighted by Gasteiger charge is -2.36. The molecule has 0 bridgehead atoms. The molecule has 134 valence electrons. The molecule has 0 saturated carbocycles. The largest absolute Gasteiger partial charge is 0.481 e. The Morgan fingerprint density at radius 3 is 2.88 bits per heavy atom. The van der Waals surface area contributed by atoms with Gasteiger partial charge in [-0.2, -0.15) is 0 Å². The lowest BCUT2D eigenvalue weighted by Crippen LogP contribution is -2.45. The number of aromatic nitrogens is 1. The van der Waals surface area contributed by atoms with Crippen LogP contribution in [0.3, 0.4) is 0 Å². The van der Waals surface area contributed by atoms with Crippen LogP contribution in [0.2, 0.25) is 5.02 Å². The summed E-state index contributed by atoms with van der Waals surface area (Å²) < 4.78 is 5.94. The summed E-state index contributed by atoms with van der Waals surface area (Å²) in [5.74, 6) is 0.718. The van der Waals surface area contributed by atoms with Gasteiger partial charge in [0.2, 0.25) is 0 Å². The SMILES string of the molecule is Cc1csc(C2CCCCN2C(=O)C(C)Oc2ccc(Cl)cc2C)n1. The van der Waals surface area contributed by atoms with Gasteiger partial charge in [-0.05, 0) is 63.8 Å². The maximum Gasteiger partial charge on any atom is 0.263 e. The predicted octanol–water partition coefficient (Wildman–Crippen LogP) is 4.93. The fraction of sp³-hybridized carbons (Fsp3) is 0.474. The van der Waals surface area contributed by atoms with E-state index in [4.69, 9.17) is 16.3 Å². The second-order valence-corrected chi connectivity index (χ2v) is 7.87. The zero-order valence-electron chi connectivity index (χ0n) is 14.8. The van der Waals surface area contributed by atoms with Crippen molar-refractivity contribution in [2.45, 2.75) is 52.2 Å². The summed E-state index contributed by atoms with van der Waals surface area (Å²) in [6, 6.07) is 5.51. The number of hydrogen-bond donors (Lipinski definition) is 0. The molecule has 6 heteroatoms. The van der Waals surface area contributed by atoms with Gasteiger partial charge in [0.05, 0.1) is 6.04 Å². The molecule has 0 aliphatic carbocycles. The van der Waals surface area contributed by atoms with Crippen LogP contribution in [-0.2, 0) is 4.79 Å². The molecule has 1 aliphatic heterocycles. The summed E-state index contributed by atoms with van der Waals surface area (Å²) >= 11 is 7.63. The first-order chi connectivity index (χ1) is 12.0. The van der Waals surface area contributed by atoms with Gasteiger partial charge in [-0.3, -0.25) is 4.79 Å². The van der Waals surface area contributed by atoms with Gasteiger partial charge in [0.15, 0.2) is 6.10 Å². The molecule has 25 heavy (non-hydrogen) atoms. The molecule has 2 atom stereocenters. The highest BCUT2D eigenvalue weighted by molar-refractivity contribution is 7.09. The number of piperidine rings is 1. The van der Waals surface area contributed by atoms with Crippen LogP contribution in [0.25, 0.3) is 0 Å². The average molecular weight is 379 g/mol. The second-order valence-electron chi connectivity index (χ2n) is 6.54. The molecule has 4 nitrogen and oxygen atoms in total. The van der Waals surface area contributed by atoms with Crippen molar-refractivity contribution < 1.29 is 9.53 Å². The first-order valence-electron chi connectivity index (χ1n) is 8.61. The molecule has 2 heterocycles. The van der Waals surface area contributed by atoms with Crippen LogP contribution in [0.5, 0.6) is 5.75 Å². The van der Waals surface area contributed by atoms with Crippen molar-refractivity contribution in [3.05, 3.63) is 44.9 Å². The third-order valence-corrected chi connectivity index (χ3v) is 5.80. The molecule has 2 unspecified atom stereocenters. The van der Waals surface area contributed by atoms with Crippen molar-refractivity contribution in [1.82, 2.24) is 9.88 Å². The zero-order valence-corrected chi connectivity index (χ0v) is 16.4. The quantitative estimate of drug-likeness (QED) is 0.757. The van der Waals surface area contributed by atoms with E-state index in [9.17, 15) is 4.79 Å². The van der Waals surface area contributed by atoms with Crippen LogP contribution >= 0.6 is 22.9 Å². The first kappa shape index (κ1) is 18.2. The molecule has 3 rings (SSSR count). The van der Waals surface area contributed by atoms with Crippen molar-refractivity contribution >= 4 is 28.8 Å². The van der Waals surface area contributed by atoms with E-state index in [2.05, 4.69) is 4.98 Å². The van der Waals surface area contributed by atoms with Crippen molar-refractivity contribution in [2.75, 3.05) is 6.54 Å². The number of halogens is 1. The van der Waals surface area contributed by atoms with E-state index in [0.717, 1.165) is 42.1 Å². The summed E-state index contributed by atoms with van der Waals surface area (Å²) in [6.07, 6.45) is 2.57. The number of benzene rings is 1. The summed E-state index contributed by atoms with van der Waals surface area (Å²) in [6.45, 7) is 6.50. The standard InChI is InChI=1S/C19H23ClN2O2S/c1-12-10-15(20)7-8-17(12)24-14(3)19(23)22-9-5-4-6-16(22)18-21-13(2)11-25-18/h7-8,10-11,14,16H,4-6,9H2,1-3H3. The van der Waals surface area contributed by atoms with Crippen LogP contribution in [0.1, 0.15) is 48.5 Å². The van der Waals surface area contributed by atoms with E-state index in [1.54, 1.807) is 17.4 Å². The van der Waals surface area contributed by atoms with Crippen LogP contribution in [0, 0.1) is 13.8 Å². The minimum absolute atomic E-state index is 0.0203. The van der Waals surface area contributed by atoms with Crippen molar-refractivity contribution in [2.24, 2.45) is 0 Å². The highest BCUT2D eigenvalue weighted by atomic mass is 35.5. The Morgan fingerprint density at radius 2 is 2.20 bits per heavy atom. The number of amides is 1. The monoisotopic (exact) mass is 378 g/mol. The Morgan fingerprint density at radius 1 is 1.40 bits per heavy atom. The lowest BCUT2D eigenvalue weighted by atomic mass is 10.0. The third kappa shape index (κ3) is 4.15. The van der Waals surface area contributed by atoms with Crippen LogP contribution in [0.15, 0.2) is 23.6 Å². The van der Waals surface area contributed by atoms with E-state index < -0.39 is 6.10 Å². The van der Waals surface area contributed by atoms with Gasteiger partial charge in [0.25, 0.3) is 5.91 Å². The number of nitrogens with zero attached hydrogens (tertiary/aromatic N) is 2. The normalized spacial score (nSPS) is 18.9. The minimum atomic E-state index is -0.540. The first-order valence-corrected chi connectivity index (χ1v) is 9.87. The fourth-order valence-electron chi connectivity index (χ4n) is 3.20. The Hall–Kier alpha value is -1.59. The van der Waals surface area contributed by atoms with Gasteiger partial charge < -0.3 is 9.64 Å².